The molecule has 0 fully saturated rings. The standard InChI is InChI=1S/C21H35N3O2/c1-14(2)12-24(21(26)16(5)6)13-17-11-18(22-20(25)15(3)4)9-10-19(17)23(7)8/h9-11,14-16H,12-13H2,1-8H3,(H,22,25). The number of carbonyl (C=O) groups excluding carboxylic acids is 2. The Morgan fingerprint density at radius 1 is 1.00 bits per heavy atom. The van der Waals surface area contributed by atoms with E-state index in [1.807, 2.05) is 69.8 Å². The third-order valence-corrected chi connectivity index (χ3v) is 4.11. The van der Waals surface area contributed by atoms with Crippen LogP contribution in [0, 0.1) is 17.8 Å². The van der Waals surface area contributed by atoms with Crippen LogP contribution in [0.5, 0.6) is 0 Å². The average molecular weight is 362 g/mol. The molecule has 5 heteroatoms. The van der Waals surface area contributed by atoms with E-state index in [0.717, 1.165) is 16.9 Å². The highest BCUT2D eigenvalue weighted by molar-refractivity contribution is 5.92. The SMILES string of the molecule is CC(C)CN(Cc1cc(NC(=O)C(C)C)ccc1N(C)C)C(=O)C(C)C. The largest absolute Gasteiger partial charge is 0.377 e. The first-order valence-electron chi connectivity index (χ1n) is 9.42. The van der Waals surface area contributed by atoms with E-state index in [0.29, 0.717) is 19.0 Å². The number of nitrogens with one attached hydrogen (secondary N) is 1. The number of nitrogens with zero attached hydrogens (tertiary/aromatic N) is 2. The summed E-state index contributed by atoms with van der Waals surface area (Å²) in [5.74, 6) is 0.419. The summed E-state index contributed by atoms with van der Waals surface area (Å²) in [6, 6.07) is 5.89. The Bertz CT molecular complexity index is 622. The third kappa shape index (κ3) is 6.36. The summed E-state index contributed by atoms with van der Waals surface area (Å²) >= 11 is 0. The summed E-state index contributed by atoms with van der Waals surface area (Å²) in [7, 11) is 3.98. The Labute approximate surface area is 158 Å². The first-order valence-corrected chi connectivity index (χ1v) is 9.42. The molecule has 0 radical (unpaired) electrons. The summed E-state index contributed by atoms with van der Waals surface area (Å²) < 4.78 is 0. The molecule has 1 N–H and O–H groups in total. The molecule has 0 aliphatic carbocycles. The lowest BCUT2D eigenvalue weighted by Crippen LogP contribution is -2.37. The zero-order valence-corrected chi connectivity index (χ0v) is 17.6. The lowest BCUT2D eigenvalue weighted by molar-refractivity contribution is -0.135. The first kappa shape index (κ1) is 22.0. The molecule has 1 rings (SSSR count). The van der Waals surface area contributed by atoms with Crippen molar-refractivity contribution in [3.8, 4) is 0 Å². The van der Waals surface area contributed by atoms with Crippen LogP contribution in [0.4, 0.5) is 11.4 Å². The zero-order chi connectivity index (χ0) is 20.0. The number of carbonyl (C=O) groups is 2. The van der Waals surface area contributed by atoms with E-state index >= 15 is 0 Å². The third-order valence-electron chi connectivity index (χ3n) is 4.11. The van der Waals surface area contributed by atoms with E-state index in [1.165, 1.54) is 0 Å². The van der Waals surface area contributed by atoms with Gasteiger partial charge in [0.2, 0.25) is 11.8 Å². The Morgan fingerprint density at radius 3 is 2.08 bits per heavy atom. The topological polar surface area (TPSA) is 52.7 Å². The molecular formula is C21H35N3O2. The normalized spacial score (nSPS) is 11.2. The van der Waals surface area contributed by atoms with Gasteiger partial charge in [0, 0.05) is 50.4 Å². The Balaban J connectivity index is 3.19. The minimum atomic E-state index is -0.0769. The van der Waals surface area contributed by atoms with Gasteiger partial charge in [0.25, 0.3) is 0 Å². The molecule has 0 bridgehead atoms. The van der Waals surface area contributed by atoms with E-state index in [9.17, 15) is 9.59 Å². The number of anilines is 2. The number of amides is 2. The monoisotopic (exact) mass is 361 g/mol. The summed E-state index contributed by atoms with van der Waals surface area (Å²) in [6.45, 7) is 13.1. The molecular weight excluding hydrogens is 326 g/mol. The van der Waals surface area contributed by atoms with Crippen LogP contribution in [0.2, 0.25) is 0 Å². The minimum absolute atomic E-state index is 0.00848. The zero-order valence-electron chi connectivity index (χ0n) is 17.6. The molecule has 146 valence electrons. The van der Waals surface area contributed by atoms with Gasteiger partial charge in [0.1, 0.15) is 0 Å². The predicted molar refractivity (Wildman–Crippen MR) is 109 cm³/mol. The molecule has 0 spiro atoms. The number of hydrogen-bond acceptors (Lipinski definition) is 3. The van der Waals surface area contributed by atoms with Crippen LogP contribution in [0.1, 0.15) is 47.1 Å². The van der Waals surface area contributed by atoms with E-state index in [4.69, 9.17) is 0 Å². The molecule has 0 unspecified atom stereocenters. The predicted octanol–water partition coefficient (Wildman–Crippen LogP) is 3.99. The average Bonchev–Trinajstić information content (AvgIpc) is 2.52. The Kier molecular flexibility index (Phi) is 8.12. The smallest absolute Gasteiger partial charge is 0.226 e. The van der Waals surface area contributed by atoms with Crippen molar-refractivity contribution in [3.05, 3.63) is 23.8 Å². The molecule has 0 aliphatic heterocycles. The molecule has 2 amide bonds. The maximum absolute atomic E-state index is 12.7. The summed E-state index contributed by atoms with van der Waals surface area (Å²) in [5.41, 5.74) is 2.86. The van der Waals surface area contributed by atoms with Crippen molar-refractivity contribution in [2.45, 2.75) is 48.1 Å². The van der Waals surface area contributed by atoms with Crippen molar-refractivity contribution in [1.82, 2.24) is 4.90 Å². The van der Waals surface area contributed by atoms with Gasteiger partial charge in [-0.1, -0.05) is 41.5 Å². The highest BCUT2D eigenvalue weighted by Crippen LogP contribution is 2.25. The van der Waals surface area contributed by atoms with E-state index in [1.54, 1.807) is 0 Å². The van der Waals surface area contributed by atoms with Crippen LogP contribution in [-0.2, 0) is 16.1 Å². The highest BCUT2D eigenvalue weighted by atomic mass is 16.2. The summed E-state index contributed by atoms with van der Waals surface area (Å²) in [6.07, 6.45) is 0. The van der Waals surface area contributed by atoms with E-state index < -0.39 is 0 Å². The van der Waals surface area contributed by atoms with E-state index in [2.05, 4.69) is 19.2 Å². The fourth-order valence-electron chi connectivity index (χ4n) is 2.76. The summed E-state index contributed by atoms with van der Waals surface area (Å²) in [4.78, 5) is 28.6. The Morgan fingerprint density at radius 2 is 1.62 bits per heavy atom. The van der Waals surface area contributed by atoms with Crippen molar-refractivity contribution >= 4 is 23.2 Å². The van der Waals surface area contributed by atoms with Crippen molar-refractivity contribution in [3.63, 3.8) is 0 Å². The van der Waals surface area contributed by atoms with Crippen molar-refractivity contribution in [2.24, 2.45) is 17.8 Å². The van der Waals surface area contributed by atoms with Crippen LogP contribution in [0.15, 0.2) is 18.2 Å². The molecule has 1 aromatic carbocycles. The van der Waals surface area contributed by atoms with Gasteiger partial charge in [-0.15, -0.1) is 0 Å². The molecule has 0 atom stereocenters. The first-order chi connectivity index (χ1) is 12.0. The van der Waals surface area contributed by atoms with Gasteiger partial charge >= 0.3 is 0 Å². The van der Waals surface area contributed by atoms with Crippen LogP contribution >= 0.6 is 0 Å². The van der Waals surface area contributed by atoms with Gasteiger partial charge in [-0.3, -0.25) is 9.59 Å². The molecule has 26 heavy (non-hydrogen) atoms. The second kappa shape index (κ2) is 9.60. The minimum Gasteiger partial charge on any atom is -0.377 e. The van der Waals surface area contributed by atoms with Gasteiger partial charge in [-0.05, 0) is 29.7 Å². The molecule has 0 saturated heterocycles. The Hall–Kier alpha value is -2.04. The van der Waals surface area contributed by atoms with Gasteiger partial charge in [-0.2, -0.15) is 0 Å². The van der Waals surface area contributed by atoms with Gasteiger partial charge in [0.15, 0.2) is 0 Å². The summed E-state index contributed by atoms with van der Waals surface area (Å²) in [5, 5.41) is 2.95. The molecule has 0 heterocycles. The van der Waals surface area contributed by atoms with Gasteiger partial charge < -0.3 is 15.1 Å². The van der Waals surface area contributed by atoms with Crippen LogP contribution < -0.4 is 10.2 Å². The number of benzene rings is 1. The van der Waals surface area contributed by atoms with Crippen LogP contribution in [-0.4, -0.2) is 37.4 Å². The maximum atomic E-state index is 12.7. The van der Waals surface area contributed by atoms with Crippen molar-refractivity contribution < 1.29 is 9.59 Å². The molecule has 0 saturated carbocycles. The van der Waals surface area contributed by atoms with E-state index in [-0.39, 0.29) is 23.7 Å². The lowest BCUT2D eigenvalue weighted by Gasteiger charge is -2.29. The lowest BCUT2D eigenvalue weighted by atomic mass is 10.1. The van der Waals surface area contributed by atoms with Gasteiger partial charge in [0.05, 0.1) is 0 Å². The van der Waals surface area contributed by atoms with Gasteiger partial charge in [-0.25, -0.2) is 0 Å². The van der Waals surface area contributed by atoms with Crippen LogP contribution in [0.3, 0.4) is 0 Å². The van der Waals surface area contributed by atoms with Crippen molar-refractivity contribution in [1.29, 1.82) is 0 Å². The molecule has 0 aromatic heterocycles. The number of hydrogen-bond donors (Lipinski definition) is 1. The van der Waals surface area contributed by atoms with Crippen molar-refractivity contribution in [2.75, 3.05) is 30.9 Å². The quantitative estimate of drug-likeness (QED) is 0.762. The second-order valence-electron chi connectivity index (χ2n) is 8.15. The molecule has 1 aromatic rings. The molecule has 5 nitrogen and oxygen atoms in total. The molecule has 0 aliphatic rings. The fourth-order valence-corrected chi connectivity index (χ4v) is 2.76. The highest BCUT2D eigenvalue weighted by Gasteiger charge is 2.20. The van der Waals surface area contributed by atoms with Crippen LogP contribution in [0.25, 0.3) is 0 Å². The maximum Gasteiger partial charge on any atom is 0.226 e. The number of rotatable bonds is 8. The fraction of sp³-hybridized carbons (Fsp3) is 0.619. The second-order valence-corrected chi connectivity index (χ2v) is 8.15.